The van der Waals surface area contributed by atoms with E-state index in [9.17, 15) is 4.79 Å². The Morgan fingerprint density at radius 1 is 1.64 bits per heavy atom. The molecule has 0 aromatic rings. The molecule has 4 heteroatoms. The summed E-state index contributed by atoms with van der Waals surface area (Å²) < 4.78 is 10.2. The number of hydrogen-bond donors (Lipinski definition) is 0. The molecule has 0 N–H and O–H groups in total. The quantitative estimate of drug-likeness (QED) is 0.272. The molecule has 0 aliphatic rings. The van der Waals surface area contributed by atoms with Crippen molar-refractivity contribution in [2.24, 2.45) is 0 Å². The minimum absolute atomic E-state index is 0.222. The second-order valence-corrected chi connectivity index (χ2v) is 3.15. The first-order valence-corrected chi connectivity index (χ1v) is 5.22. The lowest BCUT2D eigenvalue weighted by atomic mass is 10.3. The summed E-state index contributed by atoms with van der Waals surface area (Å²) in [7, 11) is 0. The van der Waals surface area contributed by atoms with Crippen LogP contribution in [0.25, 0.3) is 0 Å². The monoisotopic (exact) mass is 220 g/mol. The SMILES string of the molecule is C=CCOC[C@@H](CCl)OC(=O)CCC. The smallest absolute Gasteiger partial charge is 0.306 e. The van der Waals surface area contributed by atoms with Crippen LogP contribution in [-0.2, 0) is 14.3 Å². The molecule has 0 unspecified atom stereocenters. The summed E-state index contributed by atoms with van der Waals surface area (Å²) in [6, 6.07) is 0. The van der Waals surface area contributed by atoms with Gasteiger partial charge in [-0.3, -0.25) is 4.79 Å². The fraction of sp³-hybridized carbons (Fsp3) is 0.700. The Balaban J connectivity index is 3.66. The number of alkyl halides is 1. The number of ether oxygens (including phenoxy) is 2. The van der Waals surface area contributed by atoms with E-state index in [0.717, 1.165) is 6.42 Å². The number of rotatable bonds is 8. The number of hydrogen-bond acceptors (Lipinski definition) is 3. The van der Waals surface area contributed by atoms with Crippen molar-refractivity contribution in [3.8, 4) is 0 Å². The third-order valence-electron chi connectivity index (χ3n) is 1.46. The van der Waals surface area contributed by atoms with Gasteiger partial charge in [0.25, 0.3) is 0 Å². The second kappa shape index (κ2) is 9.03. The van der Waals surface area contributed by atoms with Gasteiger partial charge >= 0.3 is 5.97 Å². The highest BCUT2D eigenvalue weighted by Crippen LogP contribution is 2.01. The van der Waals surface area contributed by atoms with Crippen LogP contribution >= 0.6 is 11.6 Å². The average molecular weight is 221 g/mol. The number of esters is 1. The molecule has 0 aromatic carbocycles. The summed E-state index contributed by atoms with van der Waals surface area (Å²) in [5, 5.41) is 0. The van der Waals surface area contributed by atoms with Crippen LogP contribution in [0.15, 0.2) is 12.7 Å². The van der Waals surface area contributed by atoms with Gasteiger partial charge < -0.3 is 9.47 Å². The Morgan fingerprint density at radius 2 is 2.36 bits per heavy atom. The summed E-state index contributed by atoms with van der Waals surface area (Å²) in [5.41, 5.74) is 0. The van der Waals surface area contributed by atoms with Gasteiger partial charge in [-0.25, -0.2) is 0 Å². The minimum atomic E-state index is -0.351. The minimum Gasteiger partial charge on any atom is -0.459 e. The van der Waals surface area contributed by atoms with E-state index in [-0.39, 0.29) is 18.0 Å². The highest BCUT2D eigenvalue weighted by Gasteiger charge is 2.12. The summed E-state index contributed by atoms with van der Waals surface area (Å²) in [5.74, 6) is 0.0346. The molecule has 3 nitrogen and oxygen atoms in total. The Bertz CT molecular complexity index is 171. The van der Waals surface area contributed by atoms with Gasteiger partial charge in [-0.15, -0.1) is 18.2 Å². The molecule has 0 aromatic heterocycles. The van der Waals surface area contributed by atoms with Gasteiger partial charge in [0, 0.05) is 6.42 Å². The van der Waals surface area contributed by atoms with Gasteiger partial charge in [0.05, 0.1) is 19.1 Å². The molecule has 0 heterocycles. The van der Waals surface area contributed by atoms with Crippen LogP contribution < -0.4 is 0 Å². The Kier molecular flexibility index (Phi) is 8.68. The third-order valence-corrected chi connectivity index (χ3v) is 1.81. The lowest BCUT2D eigenvalue weighted by Crippen LogP contribution is -2.25. The number of halogens is 1. The van der Waals surface area contributed by atoms with Gasteiger partial charge in [0.15, 0.2) is 0 Å². The van der Waals surface area contributed by atoms with Crippen LogP contribution in [0.4, 0.5) is 0 Å². The van der Waals surface area contributed by atoms with Crippen LogP contribution in [0.3, 0.4) is 0 Å². The van der Waals surface area contributed by atoms with Crippen LogP contribution in [-0.4, -0.2) is 31.2 Å². The van der Waals surface area contributed by atoms with E-state index < -0.39 is 0 Å². The molecule has 1 atom stereocenters. The summed E-state index contributed by atoms with van der Waals surface area (Å²) in [6.45, 7) is 6.20. The van der Waals surface area contributed by atoms with Crippen molar-refractivity contribution in [3.63, 3.8) is 0 Å². The van der Waals surface area contributed by atoms with Crippen LogP contribution in [0.2, 0.25) is 0 Å². The largest absolute Gasteiger partial charge is 0.459 e. The summed E-state index contributed by atoms with van der Waals surface area (Å²) in [6.07, 6.45) is 2.49. The fourth-order valence-corrected chi connectivity index (χ4v) is 0.994. The topological polar surface area (TPSA) is 35.5 Å². The van der Waals surface area contributed by atoms with Crippen molar-refractivity contribution in [3.05, 3.63) is 12.7 Å². The Hall–Kier alpha value is -0.540. The van der Waals surface area contributed by atoms with Gasteiger partial charge in [-0.05, 0) is 6.42 Å². The van der Waals surface area contributed by atoms with Gasteiger partial charge in [-0.1, -0.05) is 13.0 Å². The van der Waals surface area contributed by atoms with Crippen molar-refractivity contribution >= 4 is 17.6 Å². The fourth-order valence-electron chi connectivity index (χ4n) is 0.842. The van der Waals surface area contributed by atoms with Crippen molar-refractivity contribution in [2.45, 2.75) is 25.9 Å². The summed E-state index contributed by atoms with van der Waals surface area (Å²) >= 11 is 5.61. The molecule has 0 spiro atoms. The molecule has 0 fully saturated rings. The molecule has 0 saturated heterocycles. The molecule has 0 aliphatic heterocycles. The van der Waals surface area contributed by atoms with Crippen LogP contribution in [0.5, 0.6) is 0 Å². The van der Waals surface area contributed by atoms with E-state index in [2.05, 4.69) is 6.58 Å². The molecule has 0 amide bonds. The van der Waals surface area contributed by atoms with Crippen molar-refractivity contribution in [1.29, 1.82) is 0 Å². The molecular weight excluding hydrogens is 204 g/mol. The molecule has 14 heavy (non-hydrogen) atoms. The van der Waals surface area contributed by atoms with Crippen LogP contribution in [0.1, 0.15) is 19.8 Å². The zero-order valence-electron chi connectivity index (χ0n) is 8.50. The van der Waals surface area contributed by atoms with Gasteiger partial charge in [0.1, 0.15) is 6.10 Å². The van der Waals surface area contributed by atoms with Crippen molar-refractivity contribution in [2.75, 3.05) is 19.1 Å². The first-order chi connectivity index (χ1) is 6.74. The van der Waals surface area contributed by atoms with E-state index in [0.29, 0.717) is 19.6 Å². The molecule has 0 radical (unpaired) electrons. The third kappa shape index (κ3) is 6.92. The van der Waals surface area contributed by atoms with Crippen molar-refractivity contribution < 1.29 is 14.3 Å². The molecular formula is C10H17ClO3. The van der Waals surface area contributed by atoms with Gasteiger partial charge in [0.2, 0.25) is 0 Å². The van der Waals surface area contributed by atoms with E-state index in [4.69, 9.17) is 21.1 Å². The molecule has 0 bridgehead atoms. The molecule has 0 rings (SSSR count). The predicted molar refractivity (Wildman–Crippen MR) is 56.5 cm³/mol. The Labute approximate surface area is 90.0 Å². The van der Waals surface area contributed by atoms with E-state index >= 15 is 0 Å². The zero-order chi connectivity index (χ0) is 10.8. The number of carbonyl (C=O) groups is 1. The van der Waals surface area contributed by atoms with Crippen molar-refractivity contribution in [1.82, 2.24) is 0 Å². The van der Waals surface area contributed by atoms with Gasteiger partial charge in [-0.2, -0.15) is 0 Å². The highest BCUT2D eigenvalue weighted by molar-refractivity contribution is 6.18. The van der Waals surface area contributed by atoms with Crippen LogP contribution in [0, 0.1) is 0 Å². The maximum Gasteiger partial charge on any atom is 0.306 e. The second-order valence-electron chi connectivity index (χ2n) is 2.84. The first-order valence-electron chi connectivity index (χ1n) is 4.68. The van der Waals surface area contributed by atoms with E-state index in [1.807, 2.05) is 6.92 Å². The molecule has 0 saturated carbocycles. The summed E-state index contributed by atoms with van der Waals surface area (Å²) in [4.78, 5) is 11.1. The standard InChI is InChI=1S/C10H17ClO3/c1-3-5-10(12)14-9(7-11)8-13-6-4-2/h4,9H,2-3,5-8H2,1H3/t9-/m1/s1. The lowest BCUT2D eigenvalue weighted by Gasteiger charge is -2.14. The number of carbonyl (C=O) groups excluding carboxylic acids is 1. The molecule has 82 valence electrons. The van der Waals surface area contributed by atoms with E-state index in [1.165, 1.54) is 0 Å². The first kappa shape index (κ1) is 13.5. The highest BCUT2D eigenvalue weighted by atomic mass is 35.5. The normalized spacial score (nSPS) is 12.1. The van der Waals surface area contributed by atoms with E-state index in [1.54, 1.807) is 6.08 Å². The maximum atomic E-state index is 11.1. The predicted octanol–water partition coefficient (Wildman–Crippen LogP) is 2.14. The maximum absolute atomic E-state index is 11.1. The Morgan fingerprint density at radius 3 is 2.86 bits per heavy atom. The molecule has 0 aliphatic carbocycles. The zero-order valence-corrected chi connectivity index (χ0v) is 9.26. The lowest BCUT2D eigenvalue weighted by molar-refractivity contribution is -0.150. The average Bonchev–Trinajstić information content (AvgIpc) is 2.17.